The number of amides is 2. The summed E-state index contributed by atoms with van der Waals surface area (Å²) >= 11 is 0. The van der Waals surface area contributed by atoms with Gasteiger partial charge in [-0.3, -0.25) is 4.90 Å². The van der Waals surface area contributed by atoms with Gasteiger partial charge >= 0.3 is 6.03 Å². The highest BCUT2D eigenvalue weighted by Crippen LogP contribution is 2.25. The van der Waals surface area contributed by atoms with Crippen molar-refractivity contribution in [3.8, 4) is 11.5 Å². The second-order valence-electron chi connectivity index (χ2n) is 6.00. The van der Waals surface area contributed by atoms with Crippen molar-refractivity contribution in [3.05, 3.63) is 24.3 Å². The third-order valence-corrected chi connectivity index (χ3v) is 4.62. The molecule has 2 fully saturated rings. The van der Waals surface area contributed by atoms with Gasteiger partial charge in [0.1, 0.15) is 6.61 Å². The van der Waals surface area contributed by atoms with E-state index >= 15 is 0 Å². The van der Waals surface area contributed by atoms with Crippen molar-refractivity contribution in [1.29, 1.82) is 0 Å². The summed E-state index contributed by atoms with van der Waals surface area (Å²) in [6, 6.07) is 8.21. The number of para-hydroxylation sites is 2. The largest absolute Gasteiger partial charge is 0.493 e. The lowest BCUT2D eigenvalue weighted by Gasteiger charge is -2.36. The fraction of sp³-hybridized carbons (Fsp3) is 0.588. The molecule has 0 radical (unpaired) electrons. The van der Waals surface area contributed by atoms with E-state index in [1.807, 2.05) is 29.2 Å². The first-order chi connectivity index (χ1) is 11.3. The minimum atomic E-state index is 0.1000. The van der Waals surface area contributed by atoms with Crippen molar-refractivity contribution in [1.82, 2.24) is 15.1 Å². The van der Waals surface area contributed by atoms with Crippen molar-refractivity contribution < 1.29 is 14.3 Å². The van der Waals surface area contributed by atoms with Crippen LogP contribution in [0.4, 0.5) is 4.79 Å². The topological polar surface area (TPSA) is 54.0 Å². The molecule has 0 bridgehead atoms. The van der Waals surface area contributed by atoms with Crippen LogP contribution in [0.3, 0.4) is 0 Å². The Morgan fingerprint density at radius 2 is 1.91 bits per heavy atom. The zero-order valence-electron chi connectivity index (χ0n) is 13.7. The number of urea groups is 1. The molecule has 2 aliphatic heterocycles. The number of nitrogens with one attached hydrogen (secondary N) is 1. The zero-order valence-corrected chi connectivity index (χ0v) is 13.7. The van der Waals surface area contributed by atoms with Crippen LogP contribution in [0.2, 0.25) is 0 Å². The summed E-state index contributed by atoms with van der Waals surface area (Å²) < 4.78 is 11.1. The van der Waals surface area contributed by atoms with Crippen LogP contribution in [0, 0.1) is 0 Å². The number of hydrogen-bond donors (Lipinski definition) is 1. The summed E-state index contributed by atoms with van der Waals surface area (Å²) in [5.74, 6) is 1.56. The Balaban J connectivity index is 1.40. The SMILES string of the molecule is COc1ccccc1OCCN1CCC(N2CCNC2=O)CC1. The summed E-state index contributed by atoms with van der Waals surface area (Å²) in [5.41, 5.74) is 0. The third-order valence-electron chi connectivity index (χ3n) is 4.62. The molecule has 0 saturated carbocycles. The standard InChI is InChI=1S/C17H25N3O3/c1-22-15-4-2-3-5-16(15)23-13-12-19-9-6-14(7-10-19)20-11-8-18-17(20)21/h2-5,14H,6-13H2,1H3,(H,18,21). The average molecular weight is 319 g/mol. The maximum Gasteiger partial charge on any atom is 0.317 e. The Labute approximate surface area is 137 Å². The van der Waals surface area contributed by atoms with Gasteiger partial charge in [-0.25, -0.2) is 4.79 Å². The molecule has 1 N–H and O–H groups in total. The molecule has 6 heteroatoms. The van der Waals surface area contributed by atoms with Gasteiger partial charge < -0.3 is 19.7 Å². The maximum atomic E-state index is 11.7. The lowest BCUT2D eigenvalue weighted by molar-refractivity contribution is 0.123. The smallest absolute Gasteiger partial charge is 0.317 e. The molecule has 1 aromatic carbocycles. The van der Waals surface area contributed by atoms with E-state index in [0.29, 0.717) is 12.6 Å². The van der Waals surface area contributed by atoms with Gasteiger partial charge in [-0.1, -0.05) is 12.1 Å². The van der Waals surface area contributed by atoms with Crippen LogP contribution in [0.5, 0.6) is 11.5 Å². The van der Waals surface area contributed by atoms with Crippen LogP contribution in [0.15, 0.2) is 24.3 Å². The van der Waals surface area contributed by atoms with Crippen molar-refractivity contribution in [2.45, 2.75) is 18.9 Å². The summed E-state index contributed by atoms with van der Waals surface area (Å²) in [6.07, 6.45) is 2.09. The number of piperidine rings is 1. The Kier molecular flexibility index (Phi) is 5.23. The Hall–Kier alpha value is -1.95. The lowest BCUT2D eigenvalue weighted by atomic mass is 10.0. The molecular formula is C17H25N3O3. The molecule has 1 aromatic rings. The highest BCUT2D eigenvalue weighted by molar-refractivity contribution is 5.76. The predicted molar refractivity (Wildman–Crippen MR) is 88.1 cm³/mol. The molecular weight excluding hydrogens is 294 g/mol. The molecule has 0 aliphatic carbocycles. The highest BCUT2D eigenvalue weighted by Gasteiger charge is 2.30. The first-order valence-electron chi connectivity index (χ1n) is 8.30. The number of nitrogens with zero attached hydrogens (tertiary/aromatic N) is 2. The number of methoxy groups -OCH3 is 1. The molecule has 6 nitrogen and oxygen atoms in total. The molecule has 2 heterocycles. The van der Waals surface area contributed by atoms with Crippen LogP contribution in [0.1, 0.15) is 12.8 Å². The van der Waals surface area contributed by atoms with Crippen LogP contribution in [-0.2, 0) is 0 Å². The average Bonchev–Trinajstić information content (AvgIpc) is 3.02. The molecule has 0 aromatic heterocycles. The zero-order chi connectivity index (χ0) is 16.1. The van der Waals surface area contributed by atoms with Crippen molar-refractivity contribution in [2.75, 3.05) is 46.4 Å². The predicted octanol–water partition coefficient (Wildman–Crippen LogP) is 1.56. The van der Waals surface area contributed by atoms with Crippen LogP contribution in [-0.4, -0.2) is 68.3 Å². The van der Waals surface area contributed by atoms with Gasteiger partial charge in [0.25, 0.3) is 0 Å². The molecule has 2 amide bonds. The van der Waals surface area contributed by atoms with Crippen molar-refractivity contribution in [2.24, 2.45) is 0 Å². The molecule has 126 valence electrons. The van der Waals surface area contributed by atoms with E-state index in [-0.39, 0.29) is 6.03 Å². The summed E-state index contributed by atoms with van der Waals surface area (Å²) in [6.45, 7) is 5.21. The molecule has 0 spiro atoms. The minimum Gasteiger partial charge on any atom is -0.493 e. The number of rotatable bonds is 6. The quantitative estimate of drug-likeness (QED) is 0.865. The van der Waals surface area contributed by atoms with E-state index in [0.717, 1.165) is 57.1 Å². The van der Waals surface area contributed by atoms with E-state index < -0.39 is 0 Å². The summed E-state index contributed by atoms with van der Waals surface area (Å²) in [7, 11) is 1.65. The Morgan fingerprint density at radius 1 is 1.17 bits per heavy atom. The molecule has 0 atom stereocenters. The van der Waals surface area contributed by atoms with Gasteiger partial charge in [-0.05, 0) is 25.0 Å². The van der Waals surface area contributed by atoms with E-state index in [1.165, 1.54) is 0 Å². The van der Waals surface area contributed by atoms with Gasteiger partial charge in [-0.15, -0.1) is 0 Å². The molecule has 0 unspecified atom stereocenters. The highest BCUT2D eigenvalue weighted by atomic mass is 16.5. The molecule has 3 rings (SSSR count). The van der Waals surface area contributed by atoms with Crippen molar-refractivity contribution >= 4 is 6.03 Å². The Morgan fingerprint density at radius 3 is 2.57 bits per heavy atom. The van der Waals surface area contributed by atoms with Gasteiger partial charge in [-0.2, -0.15) is 0 Å². The number of carbonyl (C=O) groups excluding carboxylic acids is 1. The van der Waals surface area contributed by atoms with E-state index in [4.69, 9.17) is 9.47 Å². The van der Waals surface area contributed by atoms with Crippen LogP contribution < -0.4 is 14.8 Å². The minimum absolute atomic E-state index is 0.1000. The first-order valence-corrected chi connectivity index (χ1v) is 8.30. The monoisotopic (exact) mass is 319 g/mol. The van der Waals surface area contributed by atoms with Gasteiger partial charge in [0.05, 0.1) is 7.11 Å². The second kappa shape index (κ2) is 7.55. The number of carbonyl (C=O) groups is 1. The maximum absolute atomic E-state index is 11.7. The molecule has 23 heavy (non-hydrogen) atoms. The van der Waals surface area contributed by atoms with E-state index in [2.05, 4.69) is 10.2 Å². The fourth-order valence-corrected chi connectivity index (χ4v) is 3.31. The summed E-state index contributed by atoms with van der Waals surface area (Å²) in [4.78, 5) is 16.1. The van der Waals surface area contributed by atoms with Crippen LogP contribution in [0.25, 0.3) is 0 Å². The van der Waals surface area contributed by atoms with Gasteiger partial charge in [0, 0.05) is 38.8 Å². The number of hydrogen-bond acceptors (Lipinski definition) is 4. The Bertz CT molecular complexity index is 530. The van der Waals surface area contributed by atoms with Gasteiger partial charge in [0.15, 0.2) is 11.5 Å². The summed E-state index contributed by atoms with van der Waals surface area (Å²) in [5, 5.41) is 2.88. The number of ether oxygens (including phenoxy) is 2. The molecule has 2 saturated heterocycles. The first kappa shape index (κ1) is 15.9. The normalized spacial score (nSPS) is 19.7. The third kappa shape index (κ3) is 3.88. The molecule has 2 aliphatic rings. The van der Waals surface area contributed by atoms with E-state index in [1.54, 1.807) is 7.11 Å². The van der Waals surface area contributed by atoms with Gasteiger partial charge in [0.2, 0.25) is 0 Å². The number of likely N-dealkylation sites (tertiary alicyclic amines) is 1. The van der Waals surface area contributed by atoms with Crippen LogP contribution >= 0.6 is 0 Å². The fourth-order valence-electron chi connectivity index (χ4n) is 3.31. The van der Waals surface area contributed by atoms with Crippen molar-refractivity contribution in [3.63, 3.8) is 0 Å². The lowest BCUT2D eigenvalue weighted by Crippen LogP contribution is -2.46. The van der Waals surface area contributed by atoms with E-state index in [9.17, 15) is 4.79 Å². The second-order valence-corrected chi connectivity index (χ2v) is 6.00. The number of benzene rings is 1.